The minimum Gasteiger partial charge on any atom is -0.354 e. The van der Waals surface area contributed by atoms with Gasteiger partial charge < -0.3 is 10.6 Å². The molecule has 1 rings (SSSR count). The van der Waals surface area contributed by atoms with Crippen LogP contribution in [0.1, 0.15) is 26.0 Å². The summed E-state index contributed by atoms with van der Waals surface area (Å²) >= 11 is 0. The number of hydrogen-bond donors (Lipinski definition) is 2. The van der Waals surface area contributed by atoms with Crippen molar-refractivity contribution in [2.24, 2.45) is 0 Å². The molecule has 0 aliphatic heterocycles. The molecule has 1 aromatic rings. The van der Waals surface area contributed by atoms with Crippen LogP contribution in [0.5, 0.6) is 0 Å². The van der Waals surface area contributed by atoms with Crippen molar-refractivity contribution < 1.29 is 4.79 Å². The third-order valence-corrected chi connectivity index (χ3v) is 1.90. The summed E-state index contributed by atoms with van der Waals surface area (Å²) in [6.07, 6.45) is 5.49. The largest absolute Gasteiger partial charge is 0.354 e. The summed E-state index contributed by atoms with van der Waals surface area (Å²) in [5, 5.41) is 5.98. The Bertz CT molecular complexity index is 313. The van der Waals surface area contributed by atoms with Gasteiger partial charge in [-0.1, -0.05) is 0 Å². The van der Waals surface area contributed by atoms with Crippen molar-refractivity contribution in [1.82, 2.24) is 20.6 Å². The zero-order chi connectivity index (χ0) is 11.8. The van der Waals surface area contributed by atoms with Crippen LogP contribution in [0.4, 0.5) is 0 Å². The smallest absolute Gasteiger partial charge is 0.221 e. The van der Waals surface area contributed by atoms with E-state index < -0.39 is 0 Å². The molecular formula is C11H18N4O. The molecule has 0 spiro atoms. The van der Waals surface area contributed by atoms with E-state index in [4.69, 9.17) is 0 Å². The van der Waals surface area contributed by atoms with Gasteiger partial charge >= 0.3 is 0 Å². The fourth-order valence-corrected chi connectivity index (χ4v) is 1.23. The normalized spacial score (nSPS) is 10.4. The number of amides is 1. The molecule has 0 saturated heterocycles. The van der Waals surface area contributed by atoms with Crippen molar-refractivity contribution in [1.29, 1.82) is 0 Å². The molecule has 0 bridgehead atoms. The first-order valence-electron chi connectivity index (χ1n) is 5.43. The summed E-state index contributed by atoms with van der Waals surface area (Å²) in [6, 6.07) is 0.201. The Morgan fingerprint density at radius 2 is 2.25 bits per heavy atom. The summed E-state index contributed by atoms with van der Waals surface area (Å²) in [6.45, 7) is 5.19. The summed E-state index contributed by atoms with van der Waals surface area (Å²) in [5.41, 5.74) is 0.881. The summed E-state index contributed by atoms with van der Waals surface area (Å²) < 4.78 is 0. The number of aromatic nitrogens is 2. The van der Waals surface area contributed by atoms with Crippen molar-refractivity contribution in [3.63, 3.8) is 0 Å². The van der Waals surface area contributed by atoms with E-state index in [0.717, 1.165) is 5.69 Å². The molecule has 0 radical (unpaired) electrons. The minimum absolute atomic E-state index is 0.0710. The average molecular weight is 222 g/mol. The minimum atomic E-state index is 0.0710. The monoisotopic (exact) mass is 222 g/mol. The SMILES string of the molecule is CC(C)NC(=O)CCNCc1cnccn1. The topological polar surface area (TPSA) is 66.9 Å². The molecule has 0 fully saturated rings. The average Bonchev–Trinajstić information content (AvgIpc) is 2.25. The van der Waals surface area contributed by atoms with Crippen molar-refractivity contribution in [2.45, 2.75) is 32.9 Å². The fourth-order valence-electron chi connectivity index (χ4n) is 1.23. The number of nitrogens with one attached hydrogen (secondary N) is 2. The molecule has 0 aromatic carbocycles. The first kappa shape index (κ1) is 12.6. The maximum absolute atomic E-state index is 11.3. The van der Waals surface area contributed by atoms with E-state index in [2.05, 4.69) is 20.6 Å². The number of carbonyl (C=O) groups is 1. The molecule has 5 nitrogen and oxygen atoms in total. The highest BCUT2D eigenvalue weighted by atomic mass is 16.1. The predicted molar refractivity (Wildman–Crippen MR) is 61.6 cm³/mol. The molecule has 88 valence electrons. The van der Waals surface area contributed by atoms with Crippen LogP contribution in [0, 0.1) is 0 Å². The highest BCUT2D eigenvalue weighted by Crippen LogP contribution is 1.89. The molecule has 16 heavy (non-hydrogen) atoms. The van der Waals surface area contributed by atoms with Gasteiger partial charge in [-0.2, -0.15) is 0 Å². The van der Waals surface area contributed by atoms with Gasteiger partial charge in [-0.3, -0.25) is 14.8 Å². The molecule has 0 saturated carbocycles. The Kier molecular flexibility index (Phi) is 5.42. The van der Waals surface area contributed by atoms with Crippen LogP contribution in [0.3, 0.4) is 0 Å². The second-order valence-corrected chi connectivity index (χ2v) is 3.85. The molecule has 1 amide bonds. The van der Waals surface area contributed by atoms with Gasteiger partial charge in [0.1, 0.15) is 0 Å². The lowest BCUT2D eigenvalue weighted by Crippen LogP contribution is -2.32. The maximum Gasteiger partial charge on any atom is 0.221 e. The molecule has 0 aliphatic carbocycles. The van der Waals surface area contributed by atoms with Crippen molar-refractivity contribution in [2.75, 3.05) is 6.54 Å². The molecule has 0 atom stereocenters. The predicted octanol–water partition coefficient (Wildman–Crippen LogP) is 0.481. The second-order valence-electron chi connectivity index (χ2n) is 3.85. The van der Waals surface area contributed by atoms with Crippen LogP contribution in [0.2, 0.25) is 0 Å². The van der Waals surface area contributed by atoms with Gasteiger partial charge in [0.25, 0.3) is 0 Å². The maximum atomic E-state index is 11.3. The van der Waals surface area contributed by atoms with Crippen LogP contribution in [0.25, 0.3) is 0 Å². The molecule has 5 heteroatoms. The van der Waals surface area contributed by atoms with Crippen LogP contribution < -0.4 is 10.6 Å². The van der Waals surface area contributed by atoms with Crippen LogP contribution >= 0.6 is 0 Å². The Morgan fingerprint density at radius 1 is 1.44 bits per heavy atom. The fraction of sp³-hybridized carbons (Fsp3) is 0.545. The third-order valence-electron chi connectivity index (χ3n) is 1.90. The lowest BCUT2D eigenvalue weighted by molar-refractivity contribution is -0.121. The highest BCUT2D eigenvalue weighted by molar-refractivity contribution is 5.76. The Balaban J connectivity index is 2.10. The van der Waals surface area contributed by atoms with E-state index in [1.165, 1.54) is 0 Å². The number of rotatable bonds is 6. The van der Waals surface area contributed by atoms with Crippen molar-refractivity contribution in [3.8, 4) is 0 Å². The third kappa shape index (κ3) is 5.41. The Hall–Kier alpha value is -1.49. The second kappa shape index (κ2) is 6.90. The number of nitrogens with zero attached hydrogens (tertiary/aromatic N) is 2. The van der Waals surface area contributed by atoms with Crippen LogP contribution in [0.15, 0.2) is 18.6 Å². The first-order chi connectivity index (χ1) is 7.68. The summed E-state index contributed by atoms with van der Waals surface area (Å²) in [7, 11) is 0. The molecular weight excluding hydrogens is 204 g/mol. The van der Waals surface area contributed by atoms with Crippen molar-refractivity contribution >= 4 is 5.91 Å². The Morgan fingerprint density at radius 3 is 2.88 bits per heavy atom. The van der Waals surface area contributed by atoms with E-state index in [0.29, 0.717) is 19.5 Å². The van der Waals surface area contributed by atoms with E-state index in [9.17, 15) is 4.79 Å². The number of carbonyl (C=O) groups excluding carboxylic acids is 1. The van der Waals surface area contributed by atoms with Gasteiger partial charge in [-0.25, -0.2) is 0 Å². The first-order valence-corrected chi connectivity index (χ1v) is 5.43. The van der Waals surface area contributed by atoms with Crippen molar-refractivity contribution in [3.05, 3.63) is 24.3 Å². The molecule has 0 aliphatic rings. The molecule has 2 N–H and O–H groups in total. The molecule has 1 heterocycles. The highest BCUT2D eigenvalue weighted by Gasteiger charge is 2.02. The van der Waals surface area contributed by atoms with E-state index >= 15 is 0 Å². The summed E-state index contributed by atoms with van der Waals surface area (Å²) in [4.78, 5) is 19.4. The van der Waals surface area contributed by atoms with E-state index in [1.807, 2.05) is 13.8 Å². The lowest BCUT2D eigenvalue weighted by atomic mass is 10.3. The van der Waals surface area contributed by atoms with Crippen LogP contribution in [-0.2, 0) is 11.3 Å². The van der Waals surface area contributed by atoms with Gasteiger partial charge in [0.2, 0.25) is 5.91 Å². The Labute approximate surface area is 95.7 Å². The van der Waals surface area contributed by atoms with E-state index in [1.54, 1.807) is 18.6 Å². The zero-order valence-electron chi connectivity index (χ0n) is 9.73. The van der Waals surface area contributed by atoms with Gasteiger partial charge in [0, 0.05) is 44.1 Å². The zero-order valence-corrected chi connectivity index (χ0v) is 9.73. The van der Waals surface area contributed by atoms with Crippen LogP contribution in [-0.4, -0.2) is 28.5 Å². The quantitative estimate of drug-likeness (QED) is 0.687. The van der Waals surface area contributed by atoms with Gasteiger partial charge in [-0.05, 0) is 13.8 Å². The standard InChI is InChI=1S/C11H18N4O/c1-9(2)15-11(16)3-4-12-7-10-8-13-5-6-14-10/h5-6,8-9,12H,3-4,7H2,1-2H3,(H,15,16). The lowest BCUT2D eigenvalue weighted by Gasteiger charge is -2.08. The summed E-state index contributed by atoms with van der Waals surface area (Å²) in [5.74, 6) is 0.0710. The van der Waals surface area contributed by atoms with E-state index in [-0.39, 0.29) is 11.9 Å². The molecule has 1 aromatic heterocycles. The molecule has 0 unspecified atom stereocenters. The van der Waals surface area contributed by atoms with Gasteiger partial charge in [0.15, 0.2) is 0 Å². The number of hydrogen-bond acceptors (Lipinski definition) is 4. The van der Waals surface area contributed by atoms with Gasteiger partial charge in [0.05, 0.1) is 5.69 Å². The van der Waals surface area contributed by atoms with Gasteiger partial charge in [-0.15, -0.1) is 0 Å².